The average Bonchev–Trinajstić information content (AvgIpc) is 2.35. The molecule has 4 atom stereocenters. The van der Waals surface area contributed by atoms with E-state index < -0.39 is 0 Å². The Morgan fingerprint density at radius 2 is 1.89 bits per heavy atom. The smallest absolute Gasteiger partial charge is 0.0837 e. The molecule has 0 aromatic carbocycles. The number of aromatic nitrogens is 2. The minimum Gasteiger partial charge on any atom is -0.388 e. The van der Waals surface area contributed by atoms with E-state index in [9.17, 15) is 5.11 Å². The van der Waals surface area contributed by atoms with Crippen LogP contribution in [0.15, 0.2) is 6.07 Å². The zero-order valence-corrected chi connectivity index (χ0v) is 11.8. The Morgan fingerprint density at radius 3 is 2.56 bits per heavy atom. The van der Waals surface area contributed by atoms with E-state index in [1.54, 1.807) is 0 Å². The number of hydrogen-bond donors (Lipinski definition) is 1. The van der Waals surface area contributed by atoms with Gasteiger partial charge in [-0.25, -0.2) is 0 Å². The van der Waals surface area contributed by atoms with Crippen molar-refractivity contribution in [3.63, 3.8) is 0 Å². The number of nitrogens with zero attached hydrogens (tertiary/aromatic N) is 2. The van der Waals surface area contributed by atoms with Crippen LogP contribution in [0.5, 0.6) is 0 Å². The van der Waals surface area contributed by atoms with Crippen LogP contribution >= 0.6 is 0 Å². The van der Waals surface area contributed by atoms with E-state index in [1.807, 2.05) is 19.9 Å². The zero-order valence-electron chi connectivity index (χ0n) is 11.8. The van der Waals surface area contributed by atoms with Crippen molar-refractivity contribution in [3.8, 4) is 0 Å². The highest BCUT2D eigenvalue weighted by atomic mass is 16.3. The third-order valence-electron chi connectivity index (χ3n) is 4.54. The Bertz CT molecular complexity index is 419. The molecule has 1 aliphatic rings. The predicted molar refractivity (Wildman–Crippen MR) is 72.1 cm³/mol. The lowest BCUT2D eigenvalue weighted by molar-refractivity contribution is 0.0552. The highest BCUT2D eigenvalue weighted by molar-refractivity contribution is 5.23. The molecule has 0 spiro atoms. The molecule has 0 amide bonds. The summed E-state index contributed by atoms with van der Waals surface area (Å²) in [5, 5.41) is 18.7. The van der Waals surface area contributed by atoms with E-state index in [4.69, 9.17) is 0 Å². The fourth-order valence-corrected chi connectivity index (χ4v) is 3.00. The van der Waals surface area contributed by atoms with Gasteiger partial charge in [0.25, 0.3) is 0 Å². The van der Waals surface area contributed by atoms with Gasteiger partial charge in [0.05, 0.1) is 17.5 Å². The average molecular weight is 248 g/mol. The third kappa shape index (κ3) is 2.72. The summed E-state index contributed by atoms with van der Waals surface area (Å²) in [5.41, 5.74) is 2.71. The lowest BCUT2D eigenvalue weighted by Gasteiger charge is -2.35. The van der Waals surface area contributed by atoms with Crippen LogP contribution in [0.1, 0.15) is 56.2 Å². The maximum Gasteiger partial charge on any atom is 0.0837 e. The van der Waals surface area contributed by atoms with Crippen molar-refractivity contribution in [3.05, 3.63) is 23.0 Å². The molecule has 1 N–H and O–H groups in total. The Morgan fingerprint density at radius 1 is 1.17 bits per heavy atom. The predicted octanol–water partition coefficient (Wildman–Crippen LogP) is 3.20. The van der Waals surface area contributed by atoms with E-state index in [-0.39, 0.29) is 6.10 Å². The first-order valence-corrected chi connectivity index (χ1v) is 6.98. The molecular formula is C15H24N2O. The monoisotopic (exact) mass is 248 g/mol. The largest absolute Gasteiger partial charge is 0.388 e. The second-order valence-electron chi connectivity index (χ2n) is 6.00. The van der Waals surface area contributed by atoms with Crippen LogP contribution in [0.2, 0.25) is 0 Å². The number of aryl methyl sites for hydroxylation is 2. The number of hydrogen-bond acceptors (Lipinski definition) is 3. The van der Waals surface area contributed by atoms with Crippen molar-refractivity contribution in [1.82, 2.24) is 10.2 Å². The summed E-state index contributed by atoms with van der Waals surface area (Å²) in [5.74, 6) is 1.86. The van der Waals surface area contributed by atoms with Gasteiger partial charge >= 0.3 is 0 Å². The fourth-order valence-electron chi connectivity index (χ4n) is 3.00. The number of aliphatic hydroxyl groups is 1. The van der Waals surface area contributed by atoms with Gasteiger partial charge in [-0.2, -0.15) is 10.2 Å². The Hall–Kier alpha value is -0.960. The highest BCUT2D eigenvalue weighted by Crippen LogP contribution is 2.40. The molecule has 1 fully saturated rings. The molecule has 1 aromatic rings. The first-order valence-electron chi connectivity index (χ1n) is 6.98. The summed E-state index contributed by atoms with van der Waals surface area (Å²) < 4.78 is 0. The molecule has 4 unspecified atom stereocenters. The second kappa shape index (κ2) is 5.35. The van der Waals surface area contributed by atoms with E-state index in [1.165, 1.54) is 6.42 Å². The van der Waals surface area contributed by atoms with Crippen molar-refractivity contribution in [2.45, 2.75) is 53.1 Å². The Labute approximate surface area is 110 Å². The fraction of sp³-hybridized carbons (Fsp3) is 0.733. The summed E-state index contributed by atoms with van der Waals surface area (Å²) in [4.78, 5) is 0. The summed E-state index contributed by atoms with van der Waals surface area (Å²) in [6.45, 7) is 8.47. The van der Waals surface area contributed by atoms with Crippen LogP contribution < -0.4 is 0 Å². The van der Waals surface area contributed by atoms with Gasteiger partial charge in [0, 0.05) is 5.56 Å². The van der Waals surface area contributed by atoms with Crippen molar-refractivity contribution in [2.75, 3.05) is 0 Å². The van der Waals surface area contributed by atoms with Gasteiger partial charge in [-0.3, -0.25) is 0 Å². The van der Waals surface area contributed by atoms with Crippen molar-refractivity contribution in [2.24, 2.45) is 17.8 Å². The summed E-state index contributed by atoms with van der Waals surface area (Å²) in [6.07, 6.45) is 3.07. The van der Waals surface area contributed by atoms with Crippen molar-refractivity contribution < 1.29 is 5.11 Å². The normalized spacial score (nSPS) is 30.2. The van der Waals surface area contributed by atoms with Gasteiger partial charge < -0.3 is 5.11 Å². The molecular weight excluding hydrogens is 224 g/mol. The minimum atomic E-state index is -0.380. The second-order valence-corrected chi connectivity index (χ2v) is 6.00. The van der Waals surface area contributed by atoms with Gasteiger partial charge in [0.1, 0.15) is 0 Å². The van der Waals surface area contributed by atoms with E-state index in [2.05, 4.69) is 24.0 Å². The van der Waals surface area contributed by atoms with Gasteiger partial charge in [0.15, 0.2) is 0 Å². The molecule has 0 bridgehead atoms. The maximum absolute atomic E-state index is 10.6. The van der Waals surface area contributed by atoms with Gasteiger partial charge in [-0.15, -0.1) is 0 Å². The first-order chi connectivity index (χ1) is 8.49. The lowest BCUT2D eigenvalue weighted by atomic mass is 9.73. The summed E-state index contributed by atoms with van der Waals surface area (Å²) in [7, 11) is 0. The molecule has 1 aromatic heterocycles. The van der Waals surface area contributed by atoms with Crippen LogP contribution in [-0.2, 0) is 0 Å². The molecule has 0 radical (unpaired) electrons. The van der Waals surface area contributed by atoms with Crippen LogP contribution in [0, 0.1) is 31.6 Å². The standard InChI is InChI=1S/C15H24N2O/c1-9-5-6-13(7-10(9)2)15(18)14-8-11(3)16-17-12(14)4/h8-10,13,15,18H,5-7H2,1-4H3. The molecule has 3 nitrogen and oxygen atoms in total. The molecule has 2 rings (SSSR count). The van der Waals surface area contributed by atoms with Gasteiger partial charge in [0.2, 0.25) is 0 Å². The Kier molecular flexibility index (Phi) is 4.00. The van der Waals surface area contributed by atoms with E-state index in [0.29, 0.717) is 11.8 Å². The molecule has 0 aliphatic heterocycles. The molecule has 0 saturated heterocycles. The SMILES string of the molecule is Cc1cc(C(O)C2CCC(C)C(C)C2)c(C)nn1. The molecule has 1 heterocycles. The molecule has 1 aliphatic carbocycles. The number of aliphatic hydroxyl groups excluding tert-OH is 1. The topological polar surface area (TPSA) is 46.0 Å². The maximum atomic E-state index is 10.6. The highest BCUT2D eigenvalue weighted by Gasteiger charge is 2.30. The molecule has 18 heavy (non-hydrogen) atoms. The summed E-state index contributed by atoms with van der Waals surface area (Å²) >= 11 is 0. The molecule has 3 heteroatoms. The summed E-state index contributed by atoms with van der Waals surface area (Å²) in [6, 6.07) is 1.98. The quantitative estimate of drug-likeness (QED) is 0.874. The number of rotatable bonds is 2. The van der Waals surface area contributed by atoms with Gasteiger partial charge in [-0.05, 0) is 50.5 Å². The van der Waals surface area contributed by atoms with Crippen molar-refractivity contribution in [1.29, 1.82) is 0 Å². The zero-order chi connectivity index (χ0) is 13.3. The minimum absolute atomic E-state index is 0.374. The van der Waals surface area contributed by atoms with Crippen LogP contribution in [0.4, 0.5) is 0 Å². The Balaban J connectivity index is 2.16. The first kappa shape index (κ1) is 13.5. The van der Waals surface area contributed by atoms with Gasteiger partial charge in [-0.1, -0.05) is 20.3 Å². The molecule has 1 saturated carbocycles. The van der Waals surface area contributed by atoms with E-state index >= 15 is 0 Å². The van der Waals surface area contributed by atoms with Crippen LogP contribution in [0.3, 0.4) is 0 Å². The van der Waals surface area contributed by atoms with E-state index in [0.717, 1.165) is 35.7 Å². The third-order valence-corrected chi connectivity index (χ3v) is 4.54. The van der Waals surface area contributed by atoms with Crippen LogP contribution in [-0.4, -0.2) is 15.3 Å². The van der Waals surface area contributed by atoms with Crippen molar-refractivity contribution >= 4 is 0 Å². The lowest BCUT2D eigenvalue weighted by Crippen LogP contribution is -2.25. The molecule has 100 valence electrons. The van der Waals surface area contributed by atoms with Crippen LogP contribution in [0.25, 0.3) is 0 Å².